The second-order valence-corrected chi connectivity index (χ2v) is 5.92. The summed E-state index contributed by atoms with van der Waals surface area (Å²) < 4.78 is 1.17. The van der Waals surface area contributed by atoms with Crippen LogP contribution in [-0.2, 0) is 0 Å². The van der Waals surface area contributed by atoms with E-state index < -0.39 is 0 Å². The number of nitrogens with two attached hydrogens (primary N) is 1. The first kappa shape index (κ1) is 9.65. The first-order valence-electron chi connectivity index (χ1n) is 4.49. The third-order valence-electron chi connectivity index (χ3n) is 2.53. The fourth-order valence-electron chi connectivity index (χ4n) is 1.72. The van der Waals surface area contributed by atoms with Gasteiger partial charge in [-0.15, -0.1) is 11.3 Å². The summed E-state index contributed by atoms with van der Waals surface area (Å²) in [5.41, 5.74) is 6.16. The normalized spacial score (nSPS) is 24.9. The van der Waals surface area contributed by atoms with Crippen LogP contribution in [0.4, 0.5) is 0 Å². The summed E-state index contributed by atoms with van der Waals surface area (Å²) in [7, 11) is 0. The van der Waals surface area contributed by atoms with E-state index in [4.69, 9.17) is 5.73 Å². The summed E-state index contributed by atoms with van der Waals surface area (Å²) in [6, 6.07) is 4.41. The number of hydrogen-bond donors (Lipinski definition) is 2. The van der Waals surface area contributed by atoms with E-state index in [1.807, 2.05) is 0 Å². The average Bonchev–Trinajstić information content (AvgIpc) is 2.72. The van der Waals surface area contributed by atoms with E-state index in [1.165, 1.54) is 15.1 Å². The van der Waals surface area contributed by atoms with Crippen LogP contribution in [0.1, 0.15) is 17.3 Å². The molecule has 4 heteroatoms. The molecular formula is C9H13BrN2S. The van der Waals surface area contributed by atoms with Crippen molar-refractivity contribution >= 4 is 27.3 Å². The van der Waals surface area contributed by atoms with Crippen molar-refractivity contribution in [3.63, 3.8) is 0 Å². The summed E-state index contributed by atoms with van der Waals surface area (Å²) in [5, 5.41) is 3.34. The first-order valence-corrected chi connectivity index (χ1v) is 6.10. The number of hydrogen-bond acceptors (Lipinski definition) is 3. The largest absolute Gasteiger partial charge is 0.323 e. The highest BCUT2D eigenvalue weighted by Crippen LogP contribution is 2.31. The Hall–Kier alpha value is 0.1000. The lowest BCUT2D eigenvalue weighted by Crippen LogP contribution is -2.22. The van der Waals surface area contributed by atoms with Gasteiger partial charge in [-0.05, 0) is 53.5 Å². The van der Waals surface area contributed by atoms with Crippen molar-refractivity contribution in [3.8, 4) is 0 Å². The average molecular weight is 261 g/mol. The molecule has 2 rings (SSSR count). The van der Waals surface area contributed by atoms with Gasteiger partial charge in [0, 0.05) is 10.9 Å². The van der Waals surface area contributed by atoms with Gasteiger partial charge in [0.2, 0.25) is 0 Å². The van der Waals surface area contributed by atoms with Crippen molar-refractivity contribution in [1.29, 1.82) is 0 Å². The highest BCUT2D eigenvalue weighted by molar-refractivity contribution is 9.11. The molecule has 72 valence electrons. The lowest BCUT2D eigenvalue weighted by Gasteiger charge is -2.16. The van der Waals surface area contributed by atoms with Crippen LogP contribution in [0.2, 0.25) is 0 Å². The third kappa shape index (κ3) is 2.13. The van der Waals surface area contributed by atoms with Gasteiger partial charge in [0.25, 0.3) is 0 Å². The summed E-state index contributed by atoms with van der Waals surface area (Å²) in [5.74, 6) is 0.616. The van der Waals surface area contributed by atoms with E-state index in [9.17, 15) is 0 Å². The minimum Gasteiger partial charge on any atom is -0.323 e. The zero-order valence-corrected chi connectivity index (χ0v) is 9.70. The molecule has 1 aromatic rings. The Bertz CT molecular complexity index is 281. The Morgan fingerprint density at radius 2 is 2.46 bits per heavy atom. The van der Waals surface area contributed by atoms with Crippen molar-refractivity contribution in [1.82, 2.24) is 5.32 Å². The van der Waals surface area contributed by atoms with Gasteiger partial charge in [0.05, 0.1) is 3.79 Å². The number of halogens is 1. The molecule has 13 heavy (non-hydrogen) atoms. The Morgan fingerprint density at radius 1 is 1.62 bits per heavy atom. The molecule has 0 aliphatic carbocycles. The second kappa shape index (κ2) is 4.09. The third-order valence-corrected chi connectivity index (χ3v) is 4.25. The van der Waals surface area contributed by atoms with E-state index >= 15 is 0 Å². The van der Waals surface area contributed by atoms with Gasteiger partial charge in [-0.3, -0.25) is 0 Å². The zero-order chi connectivity index (χ0) is 9.26. The van der Waals surface area contributed by atoms with E-state index in [1.54, 1.807) is 11.3 Å². The van der Waals surface area contributed by atoms with Crippen LogP contribution < -0.4 is 11.1 Å². The molecule has 2 unspecified atom stereocenters. The van der Waals surface area contributed by atoms with Crippen LogP contribution in [0.3, 0.4) is 0 Å². The Kier molecular flexibility index (Phi) is 3.03. The van der Waals surface area contributed by atoms with Crippen molar-refractivity contribution in [2.75, 3.05) is 13.1 Å². The van der Waals surface area contributed by atoms with Gasteiger partial charge in [0.15, 0.2) is 0 Å². The lowest BCUT2D eigenvalue weighted by atomic mass is 9.99. The molecule has 0 bridgehead atoms. The van der Waals surface area contributed by atoms with Crippen LogP contribution in [0.15, 0.2) is 15.9 Å². The van der Waals surface area contributed by atoms with Crippen LogP contribution in [0.5, 0.6) is 0 Å². The van der Waals surface area contributed by atoms with Crippen LogP contribution in [0, 0.1) is 5.92 Å². The van der Waals surface area contributed by atoms with E-state index in [-0.39, 0.29) is 6.04 Å². The van der Waals surface area contributed by atoms with Gasteiger partial charge >= 0.3 is 0 Å². The molecule has 1 aliphatic heterocycles. The Labute approximate surface area is 90.6 Å². The minimum absolute atomic E-state index is 0.214. The van der Waals surface area contributed by atoms with Gasteiger partial charge in [-0.2, -0.15) is 0 Å². The molecule has 0 aromatic carbocycles. The Morgan fingerprint density at radius 3 is 3.00 bits per heavy atom. The molecule has 1 aromatic heterocycles. The monoisotopic (exact) mass is 260 g/mol. The van der Waals surface area contributed by atoms with E-state index in [2.05, 4.69) is 33.4 Å². The highest BCUT2D eigenvalue weighted by Gasteiger charge is 2.23. The molecule has 1 aliphatic rings. The predicted octanol–water partition coefficient (Wildman–Crippen LogP) is 2.12. The number of rotatable bonds is 2. The highest BCUT2D eigenvalue weighted by atomic mass is 79.9. The maximum Gasteiger partial charge on any atom is 0.0701 e. The van der Waals surface area contributed by atoms with Crippen molar-refractivity contribution in [2.24, 2.45) is 11.7 Å². The summed E-state index contributed by atoms with van der Waals surface area (Å²) >= 11 is 5.20. The molecule has 2 nitrogen and oxygen atoms in total. The van der Waals surface area contributed by atoms with Gasteiger partial charge in [0.1, 0.15) is 0 Å². The van der Waals surface area contributed by atoms with Crippen molar-refractivity contribution in [3.05, 3.63) is 20.8 Å². The fraction of sp³-hybridized carbons (Fsp3) is 0.556. The molecule has 0 saturated carbocycles. The molecule has 1 fully saturated rings. The Balaban J connectivity index is 2.07. The SMILES string of the molecule is NC(c1ccc(Br)s1)C1CCNC1. The molecule has 0 radical (unpaired) electrons. The van der Waals surface area contributed by atoms with Crippen molar-refractivity contribution in [2.45, 2.75) is 12.5 Å². The molecular weight excluding hydrogens is 248 g/mol. The summed E-state index contributed by atoms with van der Waals surface area (Å²) in [6.07, 6.45) is 1.21. The second-order valence-electron chi connectivity index (χ2n) is 3.42. The van der Waals surface area contributed by atoms with Crippen LogP contribution in [-0.4, -0.2) is 13.1 Å². The minimum atomic E-state index is 0.214. The number of thiophene rings is 1. The van der Waals surface area contributed by atoms with Gasteiger partial charge in [-0.1, -0.05) is 0 Å². The number of nitrogens with one attached hydrogen (secondary N) is 1. The smallest absolute Gasteiger partial charge is 0.0701 e. The molecule has 3 N–H and O–H groups in total. The van der Waals surface area contributed by atoms with Gasteiger partial charge < -0.3 is 11.1 Å². The molecule has 0 spiro atoms. The fourth-order valence-corrected chi connectivity index (χ4v) is 3.24. The quantitative estimate of drug-likeness (QED) is 0.855. The molecule has 1 saturated heterocycles. The predicted molar refractivity (Wildman–Crippen MR) is 59.9 cm³/mol. The molecule has 2 atom stereocenters. The maximum atomic E-state index is 6.16. The first-order chi connectivity index (χ1) is 6.27. The van der Waals surface area contributed by atoms with E-state index in [0.29, 0.717) is 5.92 Å². The maximum absolute atomic E-state index is 6.16. The lowest BCUT2D eigenvalue weighted by molar-refractivity contribution is 0.476. The summed E-state index contributed by atoms with van der Waals surface area (Å²) in [4.78, 5) is 1.29. The zero-order valence-electron chi connectivity index (χ0n) is 7.29. The van der Waals surface area contributed by atoms with Crippen LogP contribution in [0.25, 0.3) is 0 Å². The van der Waals surface area contributed by atoms with E-state index in [0.717, 1.165) is 13.1 Å². The van der Waals surface area contributed by atoms with Gasteiger partial charge in [-0.25, -0.2) is 0 Å². The topological polar surface area (TPSA) is 38.0 Å². The van der Waals surface area contributed by atoms with Crippen LogP contribution >= 0.6 is 27.3 Å². The standard InChI is InChI=1S/C9H13BrN2S/c10-8-2-1-7(13-8)9(11)6-3-4-12-5-6/h1-2,6,9,12H,3-5,11H2. The summed E-state index contributed by atoms with van der Waals surface area (Å²) in [6.45, 7) is 2.18. The van der Waals surface area contributed by atoms with Crippen molar-refractivity contribution < 1.29 is 0 Å². The molecule has 0 amide bonds. The molecule has 2 heterocycles.